The van der Waals surface area contributed by atoms with Crippen molar-refractivity contribution in [3.05, 3.63) is 101 Å². The Bertz CT molecular complexity index is 1220. The molecule has 0 bridgehead atoms. The zero-order chi connectivity index (χ0) is 24.8. The highest BCUT2D eigenvalue weighted by atomic mass is 16.5. The second kappa shape index (κ2) is 10.9. The summed E-state index contributed by atoms with van der Waals surface area (Å²) >= 11 is 0. The Morgan fingerprint density at radius 3 is 2.29 bits per heavy atom. The van der Waals surface area contributed by atoms with Gasteiger partial charge in [0.25, 0.3) is 11.7 Å². The monoisotopic (exact) mass is 473 g/mol. The fourth-order valence-electron chi connectivity index (χ4n) is 4.12. The SMILES string of the molecule is COCCN1C(=O)C(=O)/C(=C(/O)c2ccc(OCc3ccccc3)cc2)C1c1ccccc1OC. The van der Waals surface area contributed by atoms with E-state index in [1.807, 2.05) is 30.3 Å². The van der Waals surface area contributed by atoms with Gasteiger partial charge >= 0.3 is 0 Å². The first-order valence-corrected chi connectivity index (χ1v) is 11.2. The molecule has 1 amide bonds. The molecule has 3 aromatic rings. The molecule has 180 valence electrons. The molecule has 1 fully saturated rings. The van der Waals surface area contributed by atoms with Gasteiger partial charge in [-0.3, -0.25) is 9.59 Å². The van der Waals surface area contributed by atoms with Gasteiger partial charge in [-0.25, -0.2) is 0 Å². The van der Waals surface area contributed by atoms with Crippen molar-refractivity contribution < 1.29 is 28.9 Å². The van der Waals surface area contributed by atoms with Crippen LogP contribution in [0.4, 0.5) is 0 Å². The van der Waals surface area contributed by atoms with Crippen LogP contribution in [-0.4, -0.2) is 49.1 Å². The van der Waals surface area contributed by atoms with Crippen LogP contribution in [0.1, 0.15) is 22.7 Å². The van der Waals surface area contributed by atoms with E-state index in [0.29, 0.717) is 29.2 Å². The topological polar surface area (TPSA) is 85.3 Å². The molecule has 1 unspecified atom stereocenters. The number of hydrogen-bond donors (Lipinski definition) is 1. The summed E-state index contributed by atoms with van der Waals surface area (Å²) in [4.78, 5) is 27.4. The van der Waals surface area contributed by atoms with Crippen LogP contribution in [0, 0.1) is 0 Å². The van der Waals surface area contributed by atoms with Gasteiger partial charge in [-0.05, 0) is 35.9 Å². The van der Waals surface area contributed by atoms with Gasteiger partial charge in [0.2, 0.25) is 0 Å². The molecule has 0 spiro atoms. The summed E-state index contributed by atoms with van der Waals surface area (Å²) in [7, 11) is 3.05. The van der Waals surface area contributed by atoms with Crippen LogP contribution in [0.3, 0.4) is 0 Å². The molecule has 0 aliphatic carbocycles. The van der Waals surface area contributed by atoms with Crippen LogP contribution in [0.25, 0.3) is 5.76 Å². The number of hydrogen-bond acceptors (Lipinski definition) is 6. The Balaban J connectivity index is 1.68. The highest BCUT2D eigenvalue weighted by molar-refractivity contribution is 6.46. The van der Waals surface area contributed by atoms with Gasteiger partial charge in [-0.15, -0.1) is 0 Å². The average Bonchev–Trinajstić information content (AvgIpc) is 3.15. The number of benzene rings is 3. The van der Waals surface area contributed by atoms with Crippen LogP contribution < -0.4 is 9.47 Å². The third kappa shape index (κ3) is 5.05. The zero-order valence-corrected chi connectivity index (χ0v) is 19.6. The van der Waals surface area contributed by atoms with E-state index in [0.717, 1.165) is 5.56 Å². The van der Waals surface area contributed by atoms with E-state index in [-0.39, 0.29) is 24.5 Å². The van der Waals surface area contributed by atoms with E-state index in [1.165, 1.54) is 19.1 Å². The van der Waals surface area contributed by atoms with Crippen LogP contribution in [-0.2, 0) is 20.9 Å². The maximum Gasteiger partial charge on any atom is 0.295 e. The Morgan fingerprint density at radius 1 is 0.914 bits per heavy atom. The van der Waals surface area contributed by atoms with Crippen molar-refractivity contribution in [2.45, 2.75) is 12.6 Å². The molecule has 0 radical (unpaired) electrons. The Morgan fingerprint density at radius 2 is 1.60 bits per heavy atom. The smallest absolute Gasteiger partial charge is 0.295 e. The molecule has 35 heavy (non-hydrogen) atoms. The van der Waals surface area contributed by atoms with Gasteiger partial charge in [0.15, 0.2) is 0 Å². The number of rotatable bonds is 9. The van der Waals surface area contributed by atoms with Crippen molar-refractivity contribution in [3.8, 4) is 11.5 Å². The quantitative estimate of drug-likeness (QED) is 0.283. The van der Waals surface area contributed by atoms with Gasteiger partial charge in [-0.1, -0.05) is 48.5 Å². The van der Waals surface area contributed by atoms with E-state index >= 15 is 0 Å². The second-order valence-corrected chi connectivity index (χ2v) is 8.03. The van der Waals surface area contributed by atoms with Crippen molar-refractivity contribution in [3.63, 3.8) is 0 Å². The van der Waals surface area contributed by atoms with Crippen LogP contribution in [0.15, 0.2) is 84.4 Å². The fourth-order valence-corrected chi connectivity index (χ4v) is 4.12. The minimum atomic E-state index is -0.810. The lowest BCUT2D eigenvalue weighted by atomic mass is 9.94. The number of para-hydroxylation sites is 1. The molecule has 1 heterocycles. The number of amides is 1. The maximum absolute atomic E-state index is 13.1. The lowest BCUT2D eigenvalue weighted by Crippen LogP contribution is -2.32. The molecule has 1 saturated heterocycles. The Hall–Kier alpha value is -4.10. The molecule has 7 heteroatoms. The number of methoxy groups -OCH3 is 2. The maximum atomic E-state index is 13.1. The highest BCUT2D eigenvalue weighted by Crippen LogP contribution is 2.42. The number of aliphatic hydroxyl groups is 1. The summed E-state index contributed by atoms with van der Waals surface area (Å²) in [5.41, 5.74) is 2.05. The first-order chi connectivity index (χ1) is 17.0. The third-order valence-corrected chi connectivity index (χ3v) is 5.89. The molecular formula is C28H27NO6. The Labute approximate surface area is 204 Å². The van der Waals surface area contributed by atoms with Crippen molar-refractivity contribution in [2.75, 3.05) is 27.4 Å². The lowest BCUT2D eigenvalue weighted by Gasteiger charge is -2.26. The third-order valence-electron chi connectivity index (χ3n) is 5.89. The van der Waals surface area contributed by atoms with E-state index in [1.54, 1.807) is 48.5 Å². The molecule has 1 aliphatic heterocycles. The number of carbonyl (C=O) groups is 2. The average molecular weight is 474 g/mol. The lowest BCUT2D eigenvalue weighted by molar-refractivity contribution is -0.140. The predicted molar refractivity (Wildman–Crippen MR) is 131 cm³/mol. The van der Waals surface area contributed by atoms with Crippen molar-refractivity contribution in [2.24, 2.45) is 0 Å². The number of ketones is 1. The predicted octanol–water partition coefficient (Wildman–Crippen LogP) is 4.34. The first-order valence-electron chi connectivity index (χ1n) is 11.2. The van der Waals surface area contributed by atoms with Gasteiger partial charge in [0.05, 0.1) is 25.3 Å². The summed E-state index contributed by atoms with van der Waals surface area (Å²) in [6.07, 6.45) is 0. The van der Waals surface area contributed by atoms with Gasteiger partial charge < -0.3 is 24.2 Å². The standard InChI is InChI=1S/C28H27NO6/c1-33-17-16-29-25(22-10-6-7-11-23(22)34-2)24(27(31)28(29)32)26(30)20-12-14-21(15-13-20)35-18-19-8-4-3-5-9-19/h3-15,25,30H,16-18H2,1-2H3/b26-24+. The summed E-state index contributed by atoms with van der Waals surface area (Å²) < 4.78 is 16.5. The normalized spacial score (nSPS) is 17.0. The van der Waals surface area contributed by atoms with Crippen LogP contribution in [0.2, 0.25) is 0 Å². The number of likely N-dealkylation sites (tertiary alicyclic amines) is 1. The van der Waals surface area contributed by atoms with E-state index in [9.17, 15) is 14.7 Å². The zero-order valence-electron chi connectivity index (χ0n) is 19.6. The summed E-state index contributed by atoms with van der Waals surface area (Å²) in [6, 6.07) is 22.9. The summed E-state index contributed by atoms with van der Waals surface area (Å²) in [5.74, 6) is -0.570. The number of aliphatic hydroxyl groups excluding tert-OH is 1. The largest absolute Gasteiger partial charge is 0.507 e. The van der Waals surface area contributed by atoms with E-state index in [4.69, 9.17) is 14.2 Å². The van der Waals surface area contributed by atoms with Crippen LogP contribution in [0.5, 0.6) is 11.5 Å². The Kier molecular flexibility index (Phi) is 7.48. The molecule has 0 aromatic heterocycles. The van der Waals surface area contributed by atoms with Gasteiger partial charge in [0, 0.05) is 24.8 Å². The van der Waals surface area contributed by atoms with E-state index < -0.39 is 17.7 Å². The molecule has 1 aliphatic rings. The molecular weight excluding hydrogens is 446 g/mol. The van der Waals surface area contributed by atoms with Gasteiger partial charge in [-0.2, -0.15) is 0 Å². The number of Topliss-reactive ketones (excluding diaryl/α,β-unsaturated/α-hetero) is 1. The highest BCUT2D eigenvalue weighted by Gasteiger charge is 2.46. The molecule has 4 rings (SSSR count). The number of nitrogens with zero attached hydrogens (tertiary/aromatic N) is 1. The molecule has 7 nitrogen and oxygen atoms in total. The minimum Gasteiger partial charge on any atom is -0.507 e. The second-order valence-electron chi connectivity index (χ2n) is 8.03. The first kappa shape index (κ1) is 24.0. The molecule has 3 aromatic carbocycles. The molecule has 1 N–H and O–H groups in total. The van der Waals surface area contributed by atoms with Crippen LogP contribution >= 0.6 is 0 Å². The van der Waals surface area contributed by atoms with Gasteiger partial charge in [0.1, 0.15) is 23.9 Å². The van der Waals surface area contributed by atoms with Crippen molar-refractivity contribution >= 4 is 17.4 Å². The van der Waals surface area contributed by atoms with Crippen molar-refractivity contribution in [1.82, 2.24) is 4.90 Å². The summed E-state index contributed by atoms with van der Waals surface area (Å²) in [6.45, 7) is 0.837. The number of carbonyl (C=O) groups excluding carboxylic acids is 2. The van der Waals surface area contributed by atoms with Crippen molar-refractivity contribution in [1.29, 1.82) is 0 Å². The fraction of sp³-hybridized carbons (Fsp3) is 0.214. The number of ether oxygens (including phenoxy) is 3. The molecule has 1 atom stereocenters. The minimum absolute atomic E-state index is 0.00792. The van der Waals surface area contributed by atoms with E-state index in [2.05, 4.69) is 0 Å². The summed E-state index contributed by atoms with van der Waals surface area (Å²) in [5, 5.41) is 11.2. The molecule has 0 saturated carbocycles.